The molecule has 0 radical (unpaired) electrons. The lowest BCUT2D eigenvalue weighted by Gasteiger charge is -2.37. The molecule has 1 aliphatic heterocycles. The van der Waals surface area contributed by atoms with Crippen LogP contribution in [-0.4, -0.2) is 49.8 Å². The summed E-state index contributed by atoms with van der Waals surface area (Å²) in [6, 6.07) is 22.3. The van der Waals surface area contributed by atoms with E-state index in [1.165, 1.54) is 11.1 Å². The van der Waals surface area contributed by atoms with Gasteiger partial charge in [-0.2, -0.15) is 0 Å². The van der Waals surface area contributed by atoms with Gasteiger partial charge in [-0.05, 0) is 66.4 Å². The molecule has 0 aromatic heterocycles. The van der Waals surface area contributed by atoms with E-state index in [2.05, 4.69) is 53.1 Å². The number of hydrogen-bond donors (Lipinski definition) is 1. The van der Waals surface area contributed by atoms with Crippen LogP contribution in [0.1, 0.15) is 36.0 Å². The summed E-state index contributed by atoms with van der Waals surface area (Å²) in [5.74, 6) is 1.36. The van der Waals surface area contributed by atoms with Crippen molar-refractivity contribution in [2.75, 3.05) is 44.7 Å². The first-order chi connectivity index (χ1) is 16.1. The maximum atomic E-state index is 10.1. The van der Waals surface area contributed by atoms with Gasteiger partial charge in [-0.15, -0.1) is 0 Å². The van der Waals surface area contributed by atoms with E-state index in [0.29, 0.717) is 5.75 Å². The first-order valence-corrected chi connectivity index (χ1v) is 12.1. The molecule has 33 heavy (non-hydrogen) atoms. The molecule has 1 N–H and O–H groups in total. The second-order valence-corrected chi connectivity index (χ2v) is 9.02. The van der Waals surface area contributed by atoms with Crippen LogP contribution in [0.25, 0.3) is 0 Å². The fraction of sp³-hybridized carbons (Fsp3) is 0.357. The molecule has 0 saturated carbocycles. The zero-order valence-corrected chi connectivity index (χ0v) is 20.3. The summed E-state index contributed by atoms with van der Waals surface area (Å²) in [6.45, 7) is 7.11. The Morgan fingerprint density at radius 3 is 2.33 bits per heavy atom. The van der Waals surface area contributed by atoms with E-state index in [4.69, 9.17) is 16.3 Å². The Morgan fingerprint density at radius 1 is 0.939 bits per heavy atom. The summed E-state index contributed by atoms with van der Waals surface area (Å²) in [6.07, 6.45) is 1.93. The molecular formula is C28H33ClN2O2. The van der Waals surface area contributed by atoms with Gasteiger partial charge in [0, 0.05) is 32.1 Å². The summed E-state index contributed by atoms with van der Waals surface area (Å²) in [7, 11) is 1.70. The molecule has 1 saturated heterocycles. The van der Waals surface area contributed by atoms with Crippen molar-refractivity contribution >= 4 is 17.3 Å². The standard InChI is InChI=1S/C28H33ClN2O2/c1-3-21-7-6-12-27(28(21)29)31-17-15-30(16-18-31)14-13-26(22-8-4-10-24(32)19-22)23-9-5-11-25(20-23)33-2/h4-12,19-20,26,32H,3,13-18H2,1-2H3. The lowest BCUT2D eigenvalue weighted by atomic mass is 9.88. The van der Waals surface area contributed by atoms with Gasteiger partial charge < -0.3 is 14.7 Å². The topological polar surface area (TPSA) is 35.9 Å². The molecule has 4 rings (SSSR count). The Balaban J connectivity index is 1.44. The van der Waals surface area contributed by atoms with Crippen LogP contribution in [-0.2, 0) is 6.42 Å². The monoisotopic (exact) mass is 464 g/mol. The van der Waals surface area contributed by atoms with E-state index in [1.807, 2.05) is 24.3 Å². The predicted molar refractivity (Wildman–Crippen MR) is 137 cm³/mol. The molecule has 1 aliphatic rings. The highest BCUT2D eigenvalue weighted by Gasteiger charge is 2.22. The van der Waals surface area contributed by atoms with Crippen molar-refractivity contribution in [2.45, 2.75) is 25.7 Å². The van der Waals surface area contributed by atoms with Crippen LogP contribution in [0.15, 0.2) is 66.7 Å². The Hall–Kier alpha value is -2.69. The third-order valence-corrected chi connectivity index (χ3v) is 7.09. The first-order valence-electron chi connectivity index (χ1n) is 11.8. The SMILES string of the molecule is CCc1cccc(N2CCN(CCC(c3cccc(O)c3)c3cccc(OC)c3)CC2)c1Cl. The van der Waals surface area contributed by atoms with Gasteiger partial charge in [0.2, 0.25) is 0 Å². The number of halogens is 1. The van der Waals surface area contributed by atoms with Gasteiger partial charge in [-0.25, -0.2) is 0 Å². The van der Waals surface area contributed by atoms with Crippen LogP contribution < -0.4 is 9.64 Å². The highest BCUT2D eigenvalue weighted by atomic mass is 35.5. The Morgan fingerprint density at radius 2 is 1.64 bits per heavy atom. The minimum atomic E-state index is 0.195. The number of piperazine rings is 1. The number of phenols is 1. The van der Waals surface area contributed by atoms with Gasteiger partial charge in [0.25, 0.3) is 0 Å². The van der Waals surface area contributed by atoms with Gasteiger partial charge in [0.1, 0.15) is 11.5 Å². The highest BCUT2D eigenvalue weighted by molar-refractivity contribution is 6.34. The van der Waals surface area contributed by atoms with Crippen LogP contribution in [0.2, 0.25) is 5.02 Å². The van der Waals surface area contributed by atoms with Gasteiger partial charge in [0.05, 0.1) is 17.8 Å². The molecule has 1 unspecified atom stereocenters. The van der Waals surface area contributed by atoms with Gasteiger partial charge in [0.15, 0.2) is 0 Å². The first kappa shape index (κ1) is 23.5. The van der Waals surface area contributed by atoms with Crippen molar-refractivity contribution in [3.63, 3.8) is 0 Å². The van der Waals surface area contributed by atoms with Gasteiger partial charge in [-0.1, -0.05) is 54.9 Å². The number of aryl methyl sites for hydroxylation is 1. The number of nitrogens with zero attached hydrogens (tertiary/aromatic N) is 2. The van der Waals surface area contributed by atoms with Crippen LogP contribution in [0.5, 0.6) is 11.5 Å². The van der Waals surface area contributed by atoms with E-state index in [-0.39, 0.29) is 5.92 Å². The van der Waals surface area contributed by atoms with Crippen LogP contribution in [0.3, 0.4) is 0 Å². The van der Waals surface area contributed by atoms with Gasteiger partial charge >= 0.3 is 0 Å². The van der Waals surface area contributed by atoms with Crippen LogP contribution in [0, 0.1) is 0 Å². The number of anilines is 1. The molecule has 1 heterocycles. The quantitative estimate of drug-likeness (QED) is 0.446. The van der Waals surface area contributed by atoms with Crippen molar-refractivity contribution in [1.82, 2.24) is 4.90 Å². The molecule has 3 aromatic rings. The minimum Gasteiger partial charge on any atom is -0.508 e. The average molecular weight is 465 g/mol. The zero-order chi connectivity index (χ0) is 23.2. The number of rotatable bonds is 8. The summed E-state index contributed by atoms with van der Waals surface area (Å²) in [5, 5.41) is 11.0. The Labute approximate surface area is 202 Å². The molecule has 3 aromatic carbocycles. The molecule has 0 spiro atoms. The molecule has 5 heteroatoms. The Kier molecular flexibility index (Phi) is 7.79. The second-order valence-electron chi connectivity index (χ2n) is 8.65. The molecule has 174 valence electrons. The minimum absolute atomic E-state index is 0.195. The highest BCUT2D eigenvalue weighted by Crippen LogP contribution is 2.33. The molecule has 1 atom stereocenters. The van der Waals surface area contributed by atoms with Gasteiger partial charge in [-0.3, -0.25) is 4.90 Å². The zero-order valence-electron chi connectivity index (χ0n) is 19.5. The van der Waals surface area contributed by atoms with Crippen molar-refractivity contribution in [3.05, 3.63) is 88.4 Å². The van der Waals surface area contributed by atoms with E-state index in [1.54, 1.807) is 13.2 Å². The van der Waals surface area contributed by atoms with Crippen molar-refractivity contribution in [2.24, 2.45) is 0 Å². The fourth-order valence-electron chi connectivity index (χ4n) is 4.73. The third kappa shape index (κ3) is 5.63. The number of methoxy groups -OCH3 is 1. The second kappa shape index (κ2) is 11.0. The summed E-state index contributed by atoms with van der Waals surface area (Å²) in [4.78, 5) is 4.94. The fourth-order valence-corrected chi connectivity index (χ4v) is 5.11. The largest absolute Gasteiger partial charge is 0.508 e. The van der Waals surface area contributed by atoms with Crippen molar-refractivity contribution < 1.29 is 9.84 Å². The molecule has 0 bridgehead atoms. The number of aromatic hydroxyl groups is 1. The average Bonchev–Trinajstić information content (AvgIpc) is 2.85. The molecule has 0 amide bonds. The molecule has 0 aliphatic carbocycles. The normalized spacial score (nSPS) is 15.4. The maximum Gasteiger partial charge on any atom is 0.119 e. The van der Waals surface area contributed by atoms with Crippen molar-refractivity contribution in [3.8, 4) is 11.5 Å². The number of hydrogen-bond acceptors (Lipinski definition) is 4. The van der Waals surface area contributed by atoms with E-state index < -0.39 is 0 Å². The lowest BCUT2D eigenvalue weighted by Crippen LogP contribution is -2.47. The summed E-state index contributed by atoms with van der Waals surface area (Å²) >= 11 is 6.67. The lowest BCUT2D eigenvalue weighted by molar-refractivity contribution is 0.251. The van der Waals surface area contributed by atoms with Crippen LogP contribution >= 0.6 is 11.6 Å². The smallest absolute Gasteiger partial charge is 0.119 e. The molecule has 1 fully saturated rings. The molecular weight excluding hydrogens is 432 g/mol. The van der Waals surface area contributed by atoms with E-state index in [9.17, 15) is 5.11 Å². The molecule has 4 nitrogen and oxygen atoms in total. The van der Waals surface area contributed by atoms with Crippen LogP contribution in [0.4, 0.5) is 5.69 Å². The number of ether oxygens (including phenoxy) is 1. The summed E-state index contributed by atoms with van der Waals surface area (Å²) in [5.41, 5.74) is 4.71. The maximum absolute atomic E-state index is 10.1. The summed E-state index contributed by atoms with van der Waals surface area (Å²) < 4.78 is 5.46. The van der Waals surface area contributed by atoms with E-state index >= 15 is 0 Å². The van der Waals surface area contributed by atoms with E-state index in [0.717, 1.165) is 67.6 Å². The Bertz CT molecular complexity index is 1060. The number of benzene rings is 3. The van der Waals surface area contributed by atoms with Crippen molar-refractivity contribution in [1.29, 1.82) is 0 Å². The predicted octanol–water partition coefficient (Wildman–Crippen LogP) is 5.96. The number of phenolic OH excluding ortho intramolecular Hbond substituents is 1. The third-order valence-electron chi connectivity index (χ3n) is 6.65.